The molecule has 0 fully saturated rings. The number of para-hydroxylation sites is 3. The predicted octanol–water partition coefficient (Wildman–Crippen LogP) is 15.1. The van der Waals surface area contributed by atoms with Crippen molar-refractivity contribution < 1.29 is 0 Å². The highest BCUT2D eigenvalue weighted by Crippen LogP contribution is 2.43. The molecule has 0 spiro atoms. The molecule has 0 saturated heterocycles. The first-order valence-corrected chi connectivity index (χ1v) is 20.7. The third-order valence-corrected chi connectivity index (χ3v) is 13.1. The molecule has 0 atom stereocenters. The van der Waals surface area contributed by atoms with Crippen LogP contribution in [0.2, 0.25) is 0 Å². The van der Waals surface area contributed by atoms with Crippen LogP contribution in [0.3, 0.4) is 0 Å². The molecule has 59 heavy (non-hydrogen) atoms. The number of nitriles is 1. The smallest absolute Gasteiger partial charge is 0.0998 e. The molecule has 0 bridgehead atoms. The number of hydrogen-bond donors (Lipinski definition) is 0. The van der Waals surface area contributed by atoms with Gasteiger partial charge in [-0.05, 0) is 106 Å². The quantitative estimate of drug-likeness (QED) is 0.172. The van der Waals surface area contributed by atoms with Crippen molar-refractivity contribution in [2.24, 2.45) is 0 Å². The predicted molar refractivity (Wildman–Crippen MR) is 249 cm³/mol. The van der Waals surface area contributed by atoms with Crippen LogP contribution in [0, 0.1) is 11.3 Å². The van der Waals surface area contributed by atoms with E-state index in [2.05, 4.69) is 191 Å². The molecular formula is C55H33N3S. The second-order valence-corrected chi connectivity index (χ2v) is 16.3. The molecular weight excluding hydrogens is 735 g/mol. The minimum absolute atomic E-state index is 0.669. The van der Waals surface area contributed by atoms with Gasteiger partial charge in [0, 0.05) is 53.1 Å². The standard InChI is InChI=1S/C55H33N3S/c56-34-38-13-4-5-18-41(38)35-14-12-15-36(29-35)42-28-26-40(31-47(42)37-25-27-46-45-21-8-11-24-54(45)59-55(46)30-37)58-51-23-10-7-20-44(51)49-32-52-48(33-53(49)58)43-19-6-9-22-50(43)57(52)39-16-2-1-3-17-39/h1-33H. The van der Waals surface area contributed by atoms with E-state index in [9.17, 15) is 5.26 Å². The fraction of sp³-hybridized carbons (Fsp3) is 0. The van der Waals surface area contributed by atoms with Crippen LogP contribution in [0.25, 0.3) is 109 Å². The van der Waals surface area contributed by atoms with Gasteiger partial charge in [0.05, 0.1) is 33.7 Å². The molecule has 3 heterocycles. The Kier molecular flexibility index (Phi) is 7.47. The molecule has 3 nitrogen and oxygen atoms in total. The summed E-state index contributed by atoms with van der Waals surface area (Å²) < 4.78 is 7.41. The van der Waals surface area contributed by atoms with E-state index in [4.69, 9.17) is 0 Å². The van der Waals surface area contributed by atoms with E-state index in [0.29, 0.717) is 5.56 Å². The van der Waals surface area contributed by atoms with E-state index in [1.54, 1.807) is 0 Å². The fourth-order valence-corrected chi connectivity index (χ4v) is 10.5. The Bertz CT molecular complexity index is 3690. The highest BCUT2D eigenvalue weighted by molar-refractivity contribution is 7.25. The lowest BCUT2D eigenvalue weighted by Gasteiger charge is -2.16. The van der Waals surface area contributed by atoms with Crippen LogP contribution < -0.4 is 0 Å². The van der Waals surface area contributed by atoms with Crippen LogP contribution in [0.15, 0.2) is 200 Å². The van der Waals surface area contributed by atoms with Gasteiger partial charge in [-0.3, -0.25) is 0 Å². The number of rotatable bonds is 5. The van der Waals surface area contributed by atoms with Crippen molar-refractivity contribution in [3.8, 4) is 50.8 Å². The van der Waals surface area contributed by atoms with E-state index in [1.165, 1.54) is 63.8 Å². The van der Waals surface area contributed by atoms with Crippen LogP contribution in [-0.4, -0.2) is 9.13 Å². The average Bonchev–Trinajstić information content (AvgIpc) is 3.95. The topological polar surface area (TPSA) is 33.6 Å². The van der Waals surface area contributed by atoms with Gasteiger partial charge in [0.25, 0.3) is 0 Å². The number of nitrogens with zero attached hydrogens (tertiary/aromatic N) is 3. The van der Waals surface area contributed by atoms with Gasteiger partial charge >= 0.3 is 0 Å². The molecule has 0 aliphatic carbocycles. The van der Waals surface area contributed by atoms with Crippen molar-refractivity contribution in [2.45, 2.75) is 0 Å². The summed E-state index contributed by atoms with van der Waals surface area (Å²) in [5, 5.41) is 17.4. The van der Waals surface area contributed by atoms with Gasteiger partial charge in [0.2, 0.25) is 0 Å². The van der Waals surface area contributed by atoms with Crippen molar-refractivity contribution in [2.75, 3.05) is 0 Å². The molecule has 274 valence electrons. The number of fused-ring (bicyclic) bond motifs is 9. The first-order valence-electron chi connectivity index (χ1n) is 19.9. The lowest BCUT2D eigenvalue weighted by atomic mass is 9.91. The molecule has 3 aromatic heterocycles. The SMILES string of the molecule is N#Cc1ccccc1-c1cccc(-c2ccc(-n3c4ccccc4c4cc5c(cc43)c3ccccc3n5-c3ccccc3)cc2-c2ccc3c(c2)sc2ccccc23)c1. The molecule has 4 heteroatoms. The molecule has 0 radical (unpaired) electrons. The molecule has 9 aromatic carbocycles. The molecule has 0 aliphatic heterocycles. The zero-order chi connectivity index (χ0) is 39.0. The first-order chi connectivity index (χ1) is 29.2. The summed E-state index contributed by atoms with van der Waals surface area (Å²) in [5.74, 6) is 0. The Morgan fingerprint density at radius 3 is 1.68 bits per heavy atom. The number of aromatic nitrogens is 2. The van der Waals surface area contributed by atoms with Gasteiger partial charge in [-0.1, -0.05) is 127 Å². The molecule has 0 N–H and O–H groups in total. The number of thiophene rings is 1. The summed E-state index contributed by atoms with van der Waals surface area (Å²) in [7, 11) is 0. The van der Waals surface area contributed by atoms with Crippen molar-refractivity contribution >= 4 is 75.1 Å². The van der Waals surface area contributed by atoms with Crippen LogP contribution in [0.5, 0.6) is 0 Å². The second kappa shape index (κ2) is 13.2. The van der Waals surface area contributed by atoms with Gasteiger partial charge in [-0.15, -0.1) is 11.3 Å². The lowest BCUT2D eigenvalue weighted by Crippen LogP contribution is -1.96. The van der Waals surface area contributed by atoms with Crippen LogP contribution in [0.1, 0.15) is 5.56 Å². The fourth-order valence-electron chi connectivity index (χ4n) is 9.31. The van der Waals surface area contributed by atoms with E-state index in [0.717, 1.165) is 44.8 Å². The third kappa shape index (κ3) is 5.19. The van der Waals surface area contributed by atoms with Crippen molar-refractivity contribution in [1.82, 2.24) is 9.13 Å². The maximum Gasteiger partial charge on any atom is 0.0998 e. The van der Waals surface area contributed by atoms with Gasteiger partial charge in [-0.25, -0.2) is 0 Å². The molecule has 12 aromatic rings. The summed E-state index contributed by atoms with van der Waals surface area (Å²) in [6.07, 6.45) is 0. The van der Waals surface area contributed by atoms with Crippen molar-refractivity contribution in [3.05, 3.63) is 206 Å². The van der Waals surface area contributed by atoms with Gasteiger partial charge < -0.3 is 9.13 Å². The van der Waals surface area contributed by atoms with Gasteiger partial charge in [-0.2, -0.15) is 5.26 Å². The van der Waals surface area contributed by atoms with Crippen LogP contribution in [0.4, 0.5) is 0 Å². The maximum atomic E-state index is 9.98. The highest BCUT2D eigenvalue weighted by Gasteiger charge is 2.20. The minimum atomic E-state index is 0.669. The van der Waals surface area contributed by atoms with Gasteiger partial charge in [0.1, 0.15) is 0 Å². The zero-order valence-electron chi connectivity index (χ0n) is 31.8. The summed E-state index contributed by atoms with van der Waals surface area (Å²) in [5.41, 5.74) is 14.2. The first kappa shape index (κ1) is 33.4. The molecule has 0 saturated carbocycles. The molecule has 12 rings (SSSR count). The van der Waals surface area contributed by atoms with E-state index in [-0.39, 0.29) is 0 Å². The molecule has 0 unspecified atom stereocenters. The Hall–Kier alpha value is -7.71. The highest BCUT2D eigenvalue weighted by atomic mass is 32.1. The van der Waals surface area contributed by atoms with Crippen LogP contribution in [-0.2, 0) is 0 Å². The number of benzene rings is 9. The van der Waals surface area contributed by atoms with E-state index >= 15 is 0 Å². The normalized spacial score (nSPS) is 11.7. The minimum Gasteiger partial charge on any atom is -0.309 e. The summed E-state index contributed by atoms with van der Waals surface area (Å²) in [4.78, 5) is 0. The van der Waals surface area contributed by atoms with Crippen molar-refractivity contribution in [1.29, 1.82) is 5.26 Å². The zero-order valence-corrected chi connectivity index (χ0v) is 32.6. The number of hydrogen-bond acceptors (Lipinski definition) is 2. The second-order valence-electron chi connectivity index (χ2n) is 15.2. The Morgan fingerprint density at radius 1 is 0.339 bits per heavy atom. The third-order valence-electron chi connectivity index (χ3n) is 12.0. The maximum absolute atomic E-state index is 9.98. The largest absolute Gasteiger partial charge is 0.309 e. The monoisotopic (exact) mass is 767 g/mol. The Balaban J connectivity index is 1.12. The van der Waals surface area contributed by atoms with E-state index in [1.807, 2.05) is 35.6 Å². The average molecular weight is 768 g/mol. The summed E-state index contributed by atoms with van der Waals surface area (Å²) >= 11 is 1.85. The summed E-state index contributed by atoms with van der Waals surface area (Å²) in [6.45, 7) is 0. The molecule has 0 amide bonds. The van der Waals surface area contributed by atoms with Crippen LogP contribution >= 0.6 is 11.3 Å². The molecule has 0 aliphatic rings. The van der Waals surface area contributed by atoms with Gasteiger partial charge in [0.15, 0.2) is 0 Å². The van der Waals surface area contributed by atoms with Crippen molar-refractivity contribution in [3.63, 3.8) is 0 Å². The van der Waals surface area contributed by atoms with E-state index < -0.39 is 0 Å². The lowest BCUT2D eigenvalue weighted by molar-refractivity contribution is 1.17. The summed E-state index contributed by atoms with van der Waals surface area (Å²) in [6, 6.07) is 74.5. The Labute approximate surface area is 344 Å². The Morgan fingerprint density at radius 2 is 0.932 bits per heavy atom.